The van der Waals surface area contributed by atoms with E-state index in [2.05, 4.69) is 9.88 Å². The van der Waals surface area contributed by atoms with Crippen molar-refractivity contribution in [2.24, 2.45) is 0 Å². The van der Waals surface area contributed by atoms with Crippen LogP contribution in [0.3, 0.4) is 0 Å². The van der Waals surface area contributed by atoms with E-state index in [0.717, 1.165) is 56.5 Å². The summed E-state index contributed by atoms with van der Waals surface area (Å²) in [5.74, 6) is 1.33. The second kappa shape index (κ2) is 9.46. The van der Waals surface area contributed by atoms with Gasteiger partial charge < -0.3 is 19.1 Å². The van der Waals surface area contributed by atoms with Crippen LogP contribution in [0.4, 0.5) is 5.69 Å². The Bertz CT molecular complexity index is 816. The third kappa shape index (κ3) is 5.19. The average molecular weight is 417 g/mol. The predicted molar refractivity (Wildman–Crippen MR) is 111 cm³/mol. The zero-order chi connectivity index (χ0) is 20.1. The summed E-state index contributed by atoms with van der Waals surface area (Å²) in [5.41, 5.74) is 1.27. The first-order chi connectivity index (χ1) is 14.2. The number of aromatic nitrogens is 1. The second-order valence-corrected chi connectivity index (χ2v) is 7.80. The lowest BCUT2D eigenvalue weighted by molar-refractivity contribution is 0.0237. The summed E-state index contributed by atoms with van der Waals surface area (Å²) in [5, 5.41) is 0.699. The fourth-order valence-electron chi connectivity index (χ4n) is 3.75. The molecule has 0 atom stereocenters. The van der Waals surface area contributed by atoms with Gasteiger partial charge in [-0.25, -0.2) is 4.98 Å². The van der Waals surface area contributed by atoms with Crippen LogP contribution in [-0.2, 0) is 4.74 Å². The third-order valence-electron chi connectivity index (χ3n) is 5.34. The Morgan fingerprint density at radius 2 is 1.66 bits per heavy atom. The zero-order valence-electron chi connectivity index (χ0n) is 16.3. The number of anilines is 1. The first-order valence-electron chi connectivity index (χ1n) is 10.1. The van der Waals surface area contributed by atoms with E-state index in [1.165, 1.54) is 0 Å². The Labute approximate surface area is 175 Å². The number of carbonyl (C=O) groups is 1. The molecule has 1 aromatic carbocycles. The molecule has 7 heteroatoms. The van der Waals surface area contributed by atoms with E-state index < -0.39 is 0 Å². The van der Waals surface area contributed by atoms with Crippen molar-refractivity contribution in [3.05, 3.63) is 47.1 Å². The maximum absolute atomic E-state index is 11.6. The summed E-state index contributed by atoms with van der Waals surface area (Å²) in [7, 11) is 0. The van der Waals surface area contributed by atoms with E-state index in [9.17, 15) is 4.79 Å². The second-order valence-electron chi connectivity index (χ2n) is 7.36. The Hall–Kier alpha value is -2.31. The number of rotatable bonds is 6. The number of hydrogen-bond acceptors (Lipinski definition) is 6. The van der Waals surface area contributed by atoms with Gasteiger partial charge in [0.15, 0.2) is 6.29 Å². The van der Waals surface area contributed by atoms with Crippen LogP contribution in [0.25, 0.3) is 0 Å². The van der Waals surface area contributed by atoms with Gasteiger partial charge in [0.1, 0.15) is 23.7 Å². The molecule has 2 fully saturated rings. The van der Waals surface area contributed by atoms with Crippen molar-refractivity contribution in [2.75, 3.05) is 31.2 Å². The number of hydrogen-bond donors (Lipinski definition) is 0. The molecule has 0 radical (unpaired) electrons. The first kappa shape index (κ1) is 20.0. The monoisotopic (exact) mass is 416 g/mol. The highest BCUT2D eigenvalue weighted by atomic mass is 35.5. The van der Waals surface area contributed by atoms with Gasteiger partial charge in [-0.3, -0.25) is 4.79 Å². The van der Waals surface area contributed by atoms with E-state index in [0.29, 0.717) is 29.8 Å². The van der Waals surface area contributed by atoms with E-state index >= 15 is 0 Å². The molecule has 0 saturated carbocycles. The van der Waals surface area contributed by atoms with E-state index in [4.69, 9.17) is 25.8 Å². The summed E-state index contributed by atoms with van der Waals surface area (Å²) in [6.07, 6.45) is 4.51. The largest absolute Gasteiger partial charge is 0.490 e. The normalized spacial score (nSPS) is 18.4. The maximum atomic E-state index is 11.6. The fraction of sp³-hybridized carbons (Fsp3) is 0.455. The van der Waals surface area contributed by atoms with Crippen molar-refractivity contribution in [1.29, 1.82) is 0 Å². The van der Waals surface area contributed by atoms with Crippen LogP contribution in [-0.4, -0.2) is 49.8 Å². The molecule has 2 aromatic rings. The van der Waals surface area contributed by atoms with Crippen LogP contribution in [0, 0.1) is 0 Å². The van der Waals surface area contributed by atoms with Crippen molar-refractivity contribution < 1.29 is 19.0 Å². The zero-order valence-corrected chi connectivity index (χ0v) is 17.0. The average Bonchev–Trinajstić information content (AvgIpc) is 2.77. The highest BCUT2D eigenvalue weighted by Crippen LogP contribution is 2.27. The molecule has 154 valence electrons. The molecule has 2 aliphatic heterocycles. The SMILES string of the molecule is O=Cc1nc(OC2CCOCC2)ccc1N1CCC(Oc2ccc(Cl)cc2)CC1. The van der Waals surface area contributed by atoms with Crippen LogP contribution >= 0.6 is 11.6 Å². The summed E-state index contributed by atoms with van der Waals surface area (Å²) in [6, 6.07) is 11.2. The molecular formula is C22H25ClN2O4. The number of pyridine rings is 1. The Morgan fingerprint density at radius 1 is 0.966 bits per heavy atom. The minimum Gasteiger partial charge on any atom is -0.490 e. The summed E-state index contributed by atoms with van der Waals surface area (Å²) in [4.78, 5) is 18.3. The van der Waals surface area contributed by atoms with Crippen molar-refractivity contribution in [3.63, 3.8) is 0 Å². The van der Waals surface area contributed by atoms with Gasteiger partial charge in [-0.15, -0.1) is 0 Å². The number of aldehydes is 1. The molecule has 29 heavy (non-hydrogen) atoms. The van der Waals surface area contributed by atoms with Crippen molar-refractivity contribution in [3.8, 4) is 11.6 Å². The van der Waals surface area contributed by atoms with Crippen LogP contribution in [0.1, 0.15) is 36.2 Å². The smallest absolute Gasteiger partial charge is 0.214 e. The van der Waals surface area contributed by atoms with Crippen molar-refractivity contribution in [2.45, 2.75) is 37.9 Å². The molecular weight excluding hydrogens is 392 g/mol. The van der Waals surface area contributed by atoms with E-state index in [-0.39, 0.29) is 12.2 Å². The van der Waals surface area contributed by atoms with Crippen molar-refractivity contribution >= 4 is 23.6 Å². The molecule has 6 nitrogen and oxygen atoms in total. The number of benzene rings is 1. The number of ether oxygens (including phenoxy) is 3. The third-order valence-corrected chi connectivity index (χ3v) is 5.60. The van der Waals surface area contributed by atoms with Crippen LogP contribution in [0.15, 0.2) is 36.4 Å². The van der Waals surface area contributed by atoms with Gasteiger partial charge in [-0.05, 0) is 30.3 Å². The van der Waals surface area contributed by atoms with Gasteiger partial charge in [-0.2, -0.15) is 0 Å². The van der Waals surface area contributed by atoms with Crippen LogP contribution in [0.2, 0.25) is 5.02 Å². The Balaban J connectivity index is 1.35. The first-order valence-corrected chi connectivity index (χ1v) is 10.5. The van der Waals surface area contributed by atoms with Gasteiger partial charge in [0.25, 0.3) is 0 Å². The molecule has 0 N–H and O–H groups in total. The van der Waals surface area contributed by atoms with Gasteiger partial charge in [0.2, 0.25) is 5.88 Å². The molecule has 2 aliphatic rings. The quantitative estimate of drug-likeness (QED) is 0.659. The van der Waals surface area contributed by atoms with Gasteiger partial charge in [-0.1, -0.05) is 11.6 Å². The molecule has 1 aromatic heterocycles. The predicted octanol–water partition coefficient (Wildman–Crippen LogP) is 4.15. The molecule has 3 heterocycles. The van der Waals surface area contributed by atoms with Crippen molar-refractivity contribution in [1.82, 2.24) is 4.98 Å². The lowest BCUT2D eigenvalue weighted by Crippen LogP contribution is -2.38. The van der Waals surface area contributed by atoms with E-state index in [1.807, 2.05) is 36.4 Å². The molecule has 2 saturated heterocycles. The molecule has 4 rings (SSSR count). The Kier molecular flexibility index (Phi) is 6.52. The molecule has 0 spiro atoms. The number of piperidine rings is 1. The van der Waals surface area contributed by atoms with Gasteiger partial charge in [0.05, 0.1) is 18.9 Å². The van der Waals surface area contributed by atoms with E-state index in [1.54, 1.807) is 0 Å². The molecule has 0 aliphatic carbocycles. The molecule has 0 amide bonds. The minimum absolute atomic E-state index is 0.0994. The lowest BCUT2D eigenvalue weighted by Gasteiger charge is -2.34. The standard InChI is InChI=1S/C22H25ClN2O4/c23-16-1-3-17(4-2-16)28-18-7-11-25(12-8-18)21-5-6-22(24-20(21)15-26)29-19-9-13-27-14-10-19/h1-6,15,18-19H,7-14H2. The van der Waals surface area contributed by atoms with Gasteiger partial charge in [0, 0.05) is 49.9 Å². The number of nitrogens with zero attached hydrogens (tertiary/aromatic N) is 2. The highest BCUT2D eigenvalue weighted by molar-refractivity contribution is 6.30. The van der Waals surface area contributed by atoms with Gasteiger partial charge >= 0.3 is 0 Å². The lowest BCUT2D eigenvalue weighted by atomic mass is 10.1. The maximum Gasteiger partial charge on any atom is 0.214 e. The van der Waals surface area contributed by atoms with Crippen LogP contribution < -0.4 is 14.4 Å². The summed E-state index contributed by atoms with van der Waals surface area (Å²) >= 11 is 5.92. The number of carbonyl (C=O) groups excluding carboxylic acids is 1. The minimum atomic E-state index is 0.0994. The molecule has 0 unspecified atom stereocenters. The topological polar surface area (TPSA) is 60.9 Å². The summed E-state index contributed by atoms with van der Waals surface area (Å²) in [6.45, 7) is 3.02. The number of halogens is 1. The molecule has 0 bridgehead atoms. The van der Waals surface area contributed by atoms with Crippen LogP contribution in [0.5, 0.6) is 11.6 Å². The summed E-state index contributed by atoms with van der Waals surface area (Å²) < 4.78 is 17.3. The highest BCUT2D eigenvalue weighted by Gasteiger charge is 2.24. The Morgan fingerprint density at radius 3 is 2.34 bits per heavy atom. The fourth-order valence-corrected chi connectivity index (χ4v) is 3.88.